The predicted molar refractivity (Wildman–Crippen MR) is 229 cm³/mol. The van der Waals surface area contributed by atoms with E-state index in [1.165, 1.54) is 6.08 Å². The lowest BCUT2D eigenvalue weighted by Gasteiger charge is -2.41. The number of carbonyl (C=O) groups excluding carboxylic acids is 3. The molecule has 0 radical (unpaired) electrons. The van der Waals surface area contributed by atoms with E-state index in [9.17, 15) is 14.4 Å². The Kier molecular flexibility index (Phi) is 21.5. The summed E-state index contributed by atoms with van der Waals surface area (Å²) in [5, 5.41) is -0.0178. The van der Waals surface area contributed by atoms with Crippen LogP contribution >= 0.6 is 15.9 Å². The van der Waals surface area contributed by atoms with Crippen molar-refractivity contribution in [1.82, 2.24) is 0 Å². The van der Waals surface area contributed by atoms with E-state index in [1.807, 2.05) is 37.3 Å². The van der Waals surface area contributed by atoms with Crippen LogP contribution in [0.3, 0.4) is 0 Å². The van der Waals surface area contributed by atoms with Gasteiger partial charge in [-0.05, 0) is 114 Å². The van der Waals surface area contributed by atoms with Crippen molar-refractivity contribution < 1.29 is 37.8 Å². The van der Waals surface area contributed by atoms with E-state index in [2.05, 4.69) is 77.1 Å². The fraction of sp³-hybridized carbons (Fsp3) is 0.667. The zero-order valence-corrected chi connectivity index (χ0v) is 38.0. The summed E-state index contributed by atoms with van der Waals surface area (Å²) in [6, 6.07) is 7.90. The monoisotopic (exact) mass is 846 g/mol. The Bertz CT molecular complexity index is 1380. The molecule has 1 aromatic rings. The Morgan fingerprint density at radius 1 is 1.02 bits per heavy atom. The molecule has 0 heterocycles. The Morgan fingerprint density at radius 2 is 1.69 bits per heavy atom. The maximum Gasteiger partial charge on any atom is 0.345 e. The zero-order chi connectivity index (χ0) is 41.2. The molecule has 1 aliphatic carbocycles. The number of carbonyl (C=O) groups is 3. The molecule has 55 heavy (non-hydrogen) atoms. The number of halogens is 1. The molecule has 0 saturated heterocycles. The number of benzene rings is 1. The van der Waals surface area contributed by atoms with Gasteiger partial charge in [-0.25, -0.2) is 4.79 Å². The van der Waals surface area contributed by atoms with Crippen LogP contribution in [0.25, 0.3) is 0 Å². The highest BCUT2D eigenvalue weighted by atomic mass is 79.9. The first-order valence-corrected chi connectivity index (χ1v) is 23.9. The van der Waals surface area contributed by atoms with E-state index < -0.39 is 14.3 Å². The lowest BCUT2D eigenvalue weighted by atomic mass is 9.84. The van der Waals surface area contributed by atoms with E-state index in [-0.39, 0.29) is 59.9 Å². The third-order valence-corrected chi connectivity index (χ3v) is 16.4. The van der Waals surface area contributed by atoms with Crippen molar-refractivity contribution in [3.63, 3.8) is 0 Å². The number of hydrogen-bond donors (Lipinski definition) is 0. The summed E-state index contributed by atoms with van der Waals surface area (Å²) < 4.78 is 30.5. The maximum atomic E-state index is 14.1. The summed E-state index contributed by atoms with van der Waals surface area (Å²) in [6.45, 7) is 24.6. The first kappa shape index (κ1) is 48.6. The summed E-state index contributed by atoms with van der Waals surface area (Å²) in [4.78, 5) is 37.6. The number of esters is 2. The fourth-order valence-corrected chi connectivity index (χ4v) is 9.10. The van der Waals surface area contributed by atoms with Crippen LogP contribution in [0.2, 0.25) is 18.1 Å². The molecular formula is C45H71BrO8Si. The minimum Gasteiger partial charge on any atom is -0.497 e. The molecule has 310 valence electrons. The molecule has 1 fully saturated rings. The summed E-state index contributed by atoms with van der Waals surface area (Å²) in [5.41, 5.74) is 1.08. The Labute approximate surface area is 342 Å². The zero-order valence-electron chi connectivity index (χ0n) is 35.4. The number of allylic oxidation sites excluding steroid dienone is 2. The molecule has 8 nitrogen and oxygen atoms in total. The smallest absolute Gasteiger partial charge is 0.345 e. The minimum atomic E-state index is -2.22. The normalized spacial score (nSPS) is 19.9. The Balaban J connectivity index is 2.27. The predicted octanol–water partition coefficient (Wildman–Crippen LogP) is 11.2. The lowest BCUT2D eigenvalue weighted by molar-refractivity contribution is -0.155. The van der Waals surface area contributed by atoms with Crippen LogP contribution in [0.5, 0.6) is 5.75 Å². The van der Waals surface area contributed by atoms with Gasteiger partial charge < -0.3 is 28.2 Å². The number of rotatable bonds is 25. The van der Waals surface area contributed by atoms with Gasteiger partial charge in [-0.15, -0.1) is 0 Å². The van der Waals surface area contributed by atoms with Crippen molar-refractivity contribution >= 4 is 42.5 Å². The van der Waals surface area contributed by atoms with Crippen LogP contribution in [0.15, 0.2) is 59.6 Å². The highest BCUT2D eigenvalue weighted by Gasteiger charge is 2.42. The van der Waals surface area contributed by atoms with Gasteiger partial charge in [0.1, 0.15) is 29.2 Å². The van der Waals surface area contributed by atoms with E-state index >= 15 is 0 Å². The molecular weight excluding hydrogens is 776 g/mol. The first-order chi connectivity index (χ1) is 25.9. The molecule has 0 bridgehead atoms. The van der Waals surface area contributed by atoms with E-state index in [0.717, 1.165) is 56.1 Å². The molecule has 1 aromatic carbocycles. The van der Waals surface area contributed by atoms with Gasteiger partial charge in [-0.2, -0.15) is 0 Å². The summed E-state index contributed by atoms with van der Waals surface area (Å²) in [6.07, 6.45) is 13.8. The average molecular weight is 848 g/mol. The van der Waals surface area contributed by atoms with Crippen LogP contribution in [-0.4, -0.2) is 59.1 Å². The van der Waals surface area contributed by atoms with E-state index in [4.69, 9.17) is 23.4 Å². The number of ether oxygens (including phenoxy) is 4. The second-order valence-electron chi connectivity index (χ2n) is 17.4. The molecule has 0 aromatic heterocycles. The standard InChI is InChI=1S/C45H71BrO8Si/c1-12-24-52-44(49)40(46)18-13-14-19-41(39-17-15-16-37(39)31-51-30-36-20-22-38(50-9)23-21-36)53-43(48)28-42(54-55(10,11)45(6,7)8)35(5)27-33(3)25-32(2)26-34(4)29-47/h12-14,18,20-23,29,32-35,37,39,41-42H,1,15-17,19,24-28,30-31H2,2-11H3/b14-13+,40-18-/t32-,33+,34-,35+,37+,39-,41+,42+/m1/s1. The van der Waals surface area contributed by atoms with Crippen molar-refractivity contribution in [3.05, 3.63) is 65.2 Å². The van der Waals surface area contributed by atoms with Gasteiger partial charge in [-0.3, -0.25) is 4.79 Å². The van der Waals surface area contributed by atoms with Gasteiger partial charge in [0.25, 0.3) is 0 Å². The summed E-state index contributed by atoms with van der Waals surface area (Å²) >= 11 is 3.30. The lowest BCUT2D eigenvalue weighted by Crippen LogP contribution is -2.46. The van der Waals surface area contributed by atoms with E-state index in [0.29, 0.717) is 36.0 Å². The number of hydrogen-bond acceptors (Lipinski definition) is 8. The first-order valence-electron chi connectivity index (χ1n) is 20.2. The second kappa shape index (κ2) is 24.3. The summed E-state index contributed by atoms with van der Waals surface area (Å²) in [7, 11) is -0.567. The quantitative estimate of drug-likeness (QED) is 0.0240. The van der Waals surface area contributed by atoms with Crippen molar-refractivity contribution in [3.8, 4) is 5.75 Å². The SMILES string of the molecule is C=CCOC(=O)/C(Br)=C/C=C/C[C@H](OC(=O)C[C@H](O[Si](C)(C)C(C)(C)C)[C@@H](C)C[C@@H](C)C[C@@H](C)C[C@@H](C)C=O)[C@@H]1CCC[C@H]1COCc1ccc(OC)cc1. The summed E-state index contributed by atoms with van der Waals surface area (Å²) in [5.74, 6) is 1.51. The highest BCUT2D eigenvalue weighted by molar-refractivity contribution is 9.12. The largest absolute Gasteiger partial charge is 0.497 e. The molecule has 8 atom stereocenters. The maximum absolute atomic E-state index is 14.1. The molecule has 1 aliphatic rings. The van der Waals surface area contributed by atoms with Gasteiger partial charge in [-0.1, -0.05) is 91.8 Å². The van der Waals surface area contributed by atoms with Crippen LogP contribution in [0, 0.1) is 35.5 Å². The van der Waals surface area contributed by atoms with Crippen LogP contribution in [0.4, 0.5) is 0 Å². The topological polar surface area (TPSA) is 97.4 Å². The highest BCUT2D eigenvalue weighted by Crippen LogP contribution is 2.41. The molecule has 10 heteroatoms. The van der Waals surface area contributed by atoms with Crippen molar-refractivity contribution in [2.75, 3.05) is 20.3 Å². The molecule has 0 unspecified atom stereocenters. The third-order valence-electron chi connectivity index (χ3n) is 11.4. The van der Waals surface area contributed by atoms with E-state index in [1.54, 1.807) is 19.3 Å². The van der Waals surface area contributed by atoms with Crippen molar-refractivity contribution in [2.45, 2.75) is 137 Å². The number of aldehydes is 1. The molecule has 2 rings (SSSR count). The second-order valence-corrected chi connectivity index (χ2v) is 23.1. The molecule has 0 spiro atoms. The van der Waals surface area contributed by atoms with Crippen LogP contribution in [-0.2, 0) is 39.6 Å². The van der Waals surface area contributed by atoms with Gasteiger partial charge >= 0.3 is 11.9 Å². The Morgan fingerprint density at radius 3 is 2.31 bits per heavy atom. The van der Waals surface area contributed by atoms with Gasteiger partial charge in [0.05, 0.1) is 32.8 Å². The molecule has 0 N–H and O–H groups in total. The Hall–Kier alpha value is -2.53. The number of methoxy groups -OCH3 is 1. The average Bonchev–Trinajstić information content (AvgIpc) is 3.59. The molecule has 0 aliphatic heterocycles. The van der Waals surface area contributed by atoms with Gasteiger partial charge in [0.15, 0.2) is 8.32 Å². The molecule has 1 saturated carbocycles. The molecule has 0 amide bonds. The van der Waals surface area contributed by atoms with Crippen LogP contribution in [0.1, 0.15) is 105 Å². The van der Waals surface area contributed by atoms with Crippen molar-refractivity contribution in [2.24, 2.45) is 35.5 Å². The van der Waals surface area contributed by atoms with Gasteiger partial charge in [0, 0.05) is 18.3 Å². The van der Waals surface area contributed by atoms with Gasteiger partial charge in [0.2, 0.25) is 0 Å². The fourth-order valence-electron chi connectivity index (χ4n) is 7.41. The van der Waals surface area contributed by atoms with Crippen LogP contribution < -0.4 is 4.74 Å². The minimum absolute atomic E-state index is 0.0178. The van der Waals surface area contributed by atoms with Crippen molar-refractivity contribution in [1.29, 1.82) is 0 Å². The third kappa shape index (κ3) is 17.7.